The van der Waals surface area contributed by atoms with Crippen molar-refractivity contribution in [3.05, 3.63) is 60.8 Å². The molecule has 0 radical (unpaired) electrons. The molecule has 0 spiro atoms. The Hall–Kier alpha value is -1.84. The van der Waals surface area contributed by atoms with E-state index in [1.54, 1.807) is 6.08 Å². The third-order valence-electron chi connectivity index (χ3n) is 9.34. The third-order valence-corrected chi connectivity index (χ3v) is 10.3. The summed E-state index contributed by atoms with van der Waals surface area (Å²) in [5.41, 5.74) is 0. The number of likely N-dealkylation sites (N-methyl/N-ethyl adjacent to an activating group) is 1. The SMILES string of the molecule is CCCCCCCCCCCCCCC/C=C/[C@@H](O)[C@H](COP(=O)(O)OCC[N+](C)(C)C)NC(=O)CCC/C=C\C/C=C\C/C=C\C=C\[C@@H](O)CCCCC. The van der Waals surface area contributed by atoms with E-state index in [-0.39, 0.29) is 31.6 Å². The number of phosphoric acid groups is 1. The number of phosphoric ester groups is 1. The van der Waals surface area contributed by atoms with Crippen molar-refractivity contribution in [1.29, 1.82) is 0 Å². The number of hydrogen-bond acceptors (Lipinski definition) is 6. The van der Waals surface area contributed by atoms with Gasteiger partial charge in [-0.1, -0.05) is 171 Å². The summed E-state index contributed by atoms with van der Waals surface area (Å²) >= 11 is 0. The highest BCUT2D eigenvalue weighted by Crippen LogP contribution is 2.43. The molecule has 0 rings (SSSR count). The molecule has 10 heteroatoms. The van der Waals surface area contributed by atoms with Gasteiger partial charge in [-0.3, -0.25) is 13.8 Å². The van der Waals surface area contributed by atoms with E-state index in [1.165, 1.54) is 70.6 Å². The minimum absolute atomic E-state index is 0.0406. The molecule has 1 amide bonds. The summed E-state index contributed by atoms with van der Waals surface area (Å²) < 4.78 is 23.5. The number of carbonyl (C=O) groups is 1. The van der Waals surface area contributed by atoms with Crippen LogP contribution in [0.25, 0.3) is 0 Å². The second-order valence-electron chi connectivity index (χ2n) is 15.9. The number of nitrogens with one attached hydrogen (secondary N) is 1. The Morgan fingerprint density at radius 3 is 1.84 bits per heavy atom. The number of aliphatic hydroxyl groups is 2. The molecule has 0 bridgehead atoms. The van der Waals surface area contributed by atoms with Crippen molar-refractivity contribution in [2.75, 3.05) is 40.9 Å². The molecule has 1 unspecified atom stereocenters. The van der Waals surface area contributed by atoms with Crippen molar-refractivity contribution >= 4 is 13.7 Å². The number of hydrogen-bond donors (Lipinski definition) is 4. The van der Waals surface area contributed by atoms with Crippen molar-refractivity contribution < 1.29 is 38.0 Å². The molecule has 0 heterocycles. The zero-order valence-electron chi connectivity index (χ0n) is 35.8. The summed E-state index contributed by atoms with van der Waals surface area (Å²) in [6.07, 6.45) is 43.3. The normalized spacial score (nSPS) is 15.6. The second kappa shape index (κ2) is 36.5. The fraction of sp³-hybridized carbons (Fsp3) is 0.756. The minimum atomic E-state index is -4.36. The van der Waals surface area contributed by atoms with Gasteiger partial charge in [0.2, 0.25) is 5.91 Å². The largest absolute Gasteiger partial charge is 0.472 e. The fourth-order valence-corrected chi connectivity index (χ4v) is 6.53. The number of carbonyl (C=O) groups excluding carboxylic acids is 1. The van der Waals surface area contributed by atoms with Gasteiger partial charge in [-0.25, -0.2) is 4.57 Å². The summed E-state index contributed by atoms with van der Waals surface area (Å²) in [5, 5.41) is 23.7. The number of amides is 1. The predicted octanol–water partition coefficient (Wildman–Crippen LogP) is 10.8. The van der Waals surface area contributed by atoms with Crippen LogP contribution in [0, 0.1) is 0 Å². The zero-order chi connectivity index (χ0) is 40.9. The minimum Gasteiger partial charge on any atom is -0.389 e. The number of unbranched alkanes of at least 4 members (excludes halogenated alkanes) is 16. The van der Waals surface area contributed by atoms with Gasteiger partial charge in [0, 0.05) is 6.42 Å². The summed E-state index contributed by atoms with van der Waals surface area (Å²) in [6, 6.07) is -0.890. The molecule has 0 aliphatic heterocycles. The van der Waals surface area contributed by atoms with E-state index in [1.807, 2.05) is 45.4 Å². The Morgan fingerprint density at radius 2 is 1.22 bits per heavy atom. The molecule has 0 aromatic heterocycles. The lowest BCUT2D eigenvalue weighted by molar-refractivity contribution is -0.870. The molecule has 320 valence electrons. The lowest BCUT2D eigenvalue weighted by Crippen LogP contribution is -2.45. The number of quaternary nitrogens is 1. The van der Waals surface area contributed by atoms with E-state index in [2.05, 4.69) is 49.5 Å². The second-order valence-corrected chi connectivity index (χ2v) is 17.4. The molecule has 9 nitrogen and oxygen atoms in total. The standard InChI is InChI=1S/C45H83N2O7P/c1-6-8-10-11-12-13-14-15-16-17-20-23-26-29-33-37-44(49)43(41-54-55(51,52)53-40-39-47(3,4)5)46-45(50)38-34-30-27-24-21-18-19-22-25-28-32-36-42(48)35-31-9-7-2/h18-19,24-25,27-28,32-33,36-37,42-44,48-49H,6-17,20-23,26,29-31,34-35,38-41H2,1-5H3,(H-,46,50,51,52)/p+1/b19-18-,27-24-,28-25-,36-32+,37-33+/t42-,43-,44+/m0/s1. The van der Waals surface area contributed by atoms with E-state index in [0.29, 0.717) is 17.4 Å². The monoisotopic (exact) mass is 796 g/mol. The lowest BCUT2D eigenvalue weighted by atomic mass is 10.0. The fourth-order valence-electron chi connectivity index (χ4n) is 5.79. The molecule has 0 aromatic rings. The first-order chi connectivity index (χ1) is 26.4. The summed E-state index contributed by atoms with van der Waals surface area (Å²) in [7, 11) is 1.50. The van der Waals surface area contributed by atoms with Crippen LogP contribution in [0.15, 0.2) is 60.8 Å². The van der Waals surface area contributed by atoms with Gasteiger partial charge < -0.3 is 24.9 Å². The van der Waals surface area contributed by atoms with E-state index < -0.39 is 20.0 Å². The Labute approximate surface area is 337 Å². The molecule has 0 aromatic carbocycles. The van der Waals surface area contributed by atoms with E-state index in [9.17, 15) is 24.5 Å². The smallest absolute Gasteiger partial charge is 0.389 e. The van der Waals surface area contributed by atoms with Crippen molar-refractivity contribution in [2.24, 2.45) is 0 Å². The molecular formula is C45H84N2O7P+. The molecular weight excluding hydrogens is 711 g/mol. The predicted molar refractivity (Wildman–Crippen MR) is 232 cm³/mol. The Bertz CT molecular complexity index is 1100. The zero-order valence-corrected chi connectivity index (χ0v) is 36.7. The summed E-state index contributed by atoms with van der Waals surface area (Å²) in [5.74, 6) is -0.251. The van der Waals surface area contributed by atoms with E-state index >= 15 is 0 Å². The third kappa shape index (κ3) is 38.8. The Morgan fingerprint density at radius 1 is 0.673 bits per heavy atom. The molecule has 0 saturated heterocycles. The van der Waals surface area contributed by atoms with Gasteiger partial charge in [-0.15, -0.1) is 0 Å². The molecule has 4 N–H and O–H groups in total. The molecule has 55 heavy (non-hydrogen) atoms. The van der Waals surface area contributed by atoms with Crippen molar-refractivity contribution in [1.82, 2.24) is 5.32 Å². The van der Waals surface area contributed by atoms with Crippen molar-refractivity contribution in [2.45, 2.75) is 180 Å². The number of rotatable bonds is 38. The van der Waals surface area contributed by atoms with Gasteiger partial charge in [-0.05, 0) is 44.9 Å². The first-order valence-electron chi connectivity index (χ1n) is 21.8. The van der Waals surface area contributed by atoms with Crippen LogP contribution in [-0.2, 0) is 18.4 Å². The molecule has 0 aliphatic rings. The maximum Gasteiger partial charge on any atom is 0.472 e. The molecule has 0 saturated carbocycles. The average molecular weight is 796 g/mol. The molecule has 0 aliphatic carbocycles. The highest BCUT2D eigenvalue weighted by Gasteiger charge is 2.27. The number of nitrogens with zero attached hydrogens (tertiary/aromatic N) is 1. The van der Waals surface area contributed by atoms with E-state index in [4.69, 9.17) is 9.05 Å². The molecule has 0 fully saturated rings. The quantitative estimate of drug-likeness (QED) is 0.0161. The Kier molecular flexibility index (Phi) is 35.3. The van der Waals surface area contributed by atoms with Gasteiger partial charge in [0.1, 0.15) is 13.2 Å². The summed E-state index contributed by atoms with van der Waals surface area (Å²) in [6.45, 7) is 4.62. The lowest BCUT2D eigenvalue weighted by Gasteiger charge is -2.25. The first kappa shape index (κ1) is 53.2. The van der Waals surface area contributed by atoms with Crippen molar-refractivity contribution in [3.8, 4) is 0 Å². The van der Waals surface area contributed by atoms with Crippen LogP contribution in [-0.4, -0.2) is 84.6 Å². The maximum absolute atomic E-state index is 12.8. The van der Waals surface area contributed by atoms with Crippen molar-refractivity contribution in [3.63, 3.8) is 0 Å². The number of allylic oxidation sites excluding steroid dienone is 8. The van der Waals surface area contributed by atoms with Gasteiger partial charge >= 0.3 is 7.82 Å². The summed E-state index contributed by atoms with van der Waals surface area (Å²) in [4.78, 5) is 23.1. The Balaban J connectivity index is 4.61. The first-order valence-corrected chi connectivity index (χ1v) is 23.3. The number of aliphatic hydroxyl groups excluding tert-OH is 2. The van der Waals surface area contributed by atoms with Crippen LogP contribution >= 0.6 is 7.82 Å². The van der Waals surface area contributed by atoms with Crippen LogP contribution in [0.3, 0.4) is 0 Å². The van der Waals surface area contributed by atoms with E-state index in [0.717, 1.165) is 64.2 Å². The maximum atomic E-state index is 12.8. The van der Waals surface area contributed by atoms with Gasteiger partial charge in [0.15, 0.2) is 0 Å². The molecule has 4 atom stereocenters. The highest BCUT2D eigenvalue weighted by molar-refractivity contribution is 7.47. The van der Waals surface area contributed by atoms with Crippen LogP contribution < -0.4 is 5.32 Å². The van der Waals surface area contributed by atoms with Gasteiger partial charge in [-0.2, -0.15) is 0 Å². The van der Waals surface area contributed by atoms with Gasteiger partial charge in [0.05, 0.1) is 46.0 Å². The average Bonchev–Trinajstić information content (AvgIpc) is 3.13. The topological polar surface area (TPSA) is 125 Å². The van der Waals surface area contributed by atoms with Crippen LogP contribution in [0.1, 0.15) is 162 Å². The van der Waals surface area contributed by atoms with Crippen LogP contribution in [0.5, 0.6) is 0 Å². The van der Waals surface area contributed by atoms with Gasteiger partial charge in [0.25, 0.3) is 0 Å². The highest BCUT2D eigenvalue weighted by atomic mass is 31.2. The van der Waals surface area contributed by atoms with Crippen LogP contribution in [0.4, 0.5) is 0 Å². The van der Waals surface area contributed by atoms with Crippen LogP contribution in [0.2, 0.25) is 0 Å².